The van der Waals surface area contributed by atoms with E-state index < -0.39 is 5.97 Å². The highest BCUT2D eigenvalue weighted by Crippen LogP contribution is 2.32. The number of nitrogens with zero attached hydrogens (tertiary/aromatic N) is 3. The van der Waals surface area contributed by atoms with Gasteiger partial charge in [-0.2, -0.15) is 5.26 Å². The van der Waals surface area contributed by atoms with Gasteiger partial charge in [0.1, 0.15) is 21.8 Å². The molecule has 0 saturated heterocycles. The van der Waals surface area contributed by atoms with Crippen LogP contribution < -0.4 is 0 Å². The number of hydrogen-bond donors (Lipinski definition) is 1. The predicted molar refractivity (Wildman–Crippen MR) is 105 cm³/mol. The van der Waals surface area contributed by atoms with Crippen molar-refractivity contribution in [2.24, 2.45) is 0 Å². The standard InChI is InChI=1S/C21H14FN3O2S/c1-12-19(21(26)27)28-20(24-12)14-4-7-18-17(8-14)15(9-23)11-25(18)10-13-2-5-16(22)6-3-13/h2-8,11H,10H2,1H3,(H,26,27). The number of aromatic carboxylic acids is 1. The molecule has 0 unspecified atom stereocenters. The molecule has 0 fully saturated rings. The van der Waals surface area contributed by atoms with Crippen molar-refractivity contribution in [1.82, 2.24) is 9.55 Å². The fourth-order valence-corrected chi connectivity index (χ4v) is 4.06. The van der Waals surface area contributed by atoms with Crippen LogP contribution in [0.25, 0.3) is 21.5 Å². The average molecular weight is 391 g/mol. The monoisotopic (exact) mass is 391 g/mol. The maximum absolute atomic E-state index is 13.1. The summed E-state index contributed by atoms with van der Waals surface area (Å²) in [6.07, 6.45) is 1.77. The molecule has 4 aromatic rings. The molecule has 0 bridgehead atoms. The number of hydrogen-bond acceptors (Lipinski definition) is 4. The molecule has 7 heteroatoms. The quantitative estimate of drug-likeness (QED) is 0.540. The van der Waals surface area contributed by atoms with E-state index in [0.717, 1.165) is 33.4 Å². The summed E-state index contributed by atoms with van der Waals surface area (Å²) in [6.45, 7) is 2.18. The Kier molecular flexibility index (Phi) is 4.41. The molecule has 1 N–H and O–H groups in total. The zero-order valence-electron chi connectivity index (χ0n) is 14.8. The Bertz CT molecular complexity index is 1250. The third kappa shape index (κ3) is 3.15. The van der Waals surface area contributed by atoms with Gasteiger partial charge in [0.2, 0.25) is 0 Å². The smallest absolute Gasteiger partial charge is 0.347 e. The first-order chi connectivity index (χ1) is 13.5. The highest BCUT2D eigenvalue weighted by molar-refractivity contribution is 7.17. The molecule has 4 rings (SSSR count). The lowest BCUT2D eigenvalue weighted by atomic mass is 10.1. The number of carbonyl (C=O) groups is 1. The first kappa shape index (κ1) is 17.9. The summed E-state index contributed by atoms with van der Waals surface area (Å²) >= 11 is 1.12. The summed E-state index contributed by atoms with van der Waals surface area (Å²) in [7, 11) is 0. The van der Waals surface area contributed by atoms with Gasteiger partial charge in [-0.1, -0.05) is 12.1 Å². The molecule has 0 aliphatic heterocycles. The molecule has 0 amide bonds. The summed E-state index contributed by atoms with van der Waals surface area (Å²) in [5.74, 6) is -1.28. The lowest BCUT2D eigenvalue weighted by molar-refractivity contribution is 0.0701. The van der Waals surface area contributed by atoms with Crippen LogP contribution in [0.3, 0.4) is 0 Å². The zero-order chi connectivity index (χ0) is 19.8. The number of rotatable bonds is 4. The Labute approximate surface area is 163 Å². The van der Waals surface area contributed by atoms with Crippen LogP contribution in [0.5, 0.6) is 0 Å². The second kappa shape index (κ2) is 6.91. The van der Waals surface area contributed by atoms with Gasteiger partial charge in [0, 0.05) is 29.2 Å². The first-order valence-electron chi connectivity index (χ1n) is 8.45. The summed E-state index contributed by atoms with van der Waals surface area (Å²) in [5.41, 5.74) is 3.56. The summed E-state index contributed by atoms with van der Waals surface area (Å²) in [6, 6.07) is 14.1. The van der Waals surface area contributed by atoms with Gasteiger partial charge in [-0.05, 0) is 42.8 Å². The van der Waals surface area contributed by atoms with Crippen molar-refractivity contribution < 1.29 is 14.3 Å². The molecule has 138 valence electrons. The highest BCUT2D eigenvalue weighted by atomic mass is 32.1. The van der Waals surface area contributed by atoms with Gasteiger partial charge >= 0.3 is 5.97 Å². The van der Waals surface area contributed by atoms with Gasteiger partial charge in [-0.3, -0.25) is 0 Å². The second-order valence-electron chi connectivity index (χ2n) is 6.38. The van der Waals surface area contributed by atoms with E-state index in [1.54, 1.807) is 25.3 Å². The van der Waals surface area contributed by atoms with Gasteiger partial charge in [0.05, 0.1) is 11.3 Å². The lowest BCUT2D eigenvalue weighted by Gasteiger charge is -2.06. The fourth-order valence-electron chi connectivity index (χ4n) is 3.15. The highest BCUT2D eigenvalue weighted by Gasteiger charge is 2.17. The van der Waals surface area contributed by atoms with Crippen molar-refractivity contribution in [3.8, 4) is 16.6 Å². The molecule has 0 saturated carbocycles. The Morgan fingerprint density at radius 1 is 1.29 bits per heavy atom. The largest absolute Gasteiger partial charge is 0.477 e. The SMILES string of the molecule is Cc1nc(-c2ccc3c(c2)c(C#N)cn3Cc2ccc(F)cc2)sc1C(=O)O. The number of thiazole rings is 1. The van der Waals surface area contributed by atoms with Gasteiger partial charge in [0.25, 0.3) is 0 Å². The molecular weight excluding hydrogens is 377 g/mol. The van der Waals surface area contributed by atoms with E-state index in [1.807, 2.05) is 22.8 Å². The third-order valence-corrected chi connectivity index (χ3v) is 5.70. The van der Waals surface area contributed by atoms with Crippen LogP contribution in [0.1, 0.15) is 26.5 Å². The van der Waals surface area contributed by atoms with Crippen molar-refractivity contribution in [1.29, 1.82) is 5.26 Å². The van der Waals surface area contributed by atoms with E-state index >= 15 is 0 Å². The van der Waals surface area contributed by atoms with Crippen LogP contribution in [-0.2, 0) is 6.54 Å². The number of carboxylic acids is 1. The first-order valence-corrected chi connectivity index (χ1v) is 9.26. The average Bonchev–Trinajstić information content (AvgIpc) is 3.24. The predicted octanol–water partition coefficient (Wildman–Crippen LogP) is 4.83. The van der Waals surface area contributed by atoms with Gasteiger partial charge in [-0.25, -0.2) is 14.2 Å². The summed E-state index contributed by atoms with van der Waals surface area (Å²) < 4.78 is 15.1. The molecule has 2 heterocycles. The van der Waals surface area contributed by atoms with Crippen LogP contribution in [-0.4, -0.2) is 20.6 Å². The molecule has 0 spiro atoms. The van der Waals surface area contributed by atoms with E-state index in [-0.39, 0.29) is 10.7 Å². The number of halogens is 1. The lowest BCUT2D eigenvalue weighted by Crippen LogP contribution is -1.97. The molecule has 2 aromatic carbocycles. The number of fused-ring (bicyclic) bond motifs is 1. The van der Waals surface area contributed by atoms with Crippen LogP contribution in [0.4, 0.5) is 4.39 Å². The molecule has 0 aliphatic carbocycles. The minimum absolute atomic E-state index is 0.212. The minimum Gasteiger partial charge on any atom is -0.477 e. The molecule has 0 atom stereocenters. The zero-order valence-corrected chi connectivity index (χ0v) is 15.6. The summed E-state index contributed by atoms with van der Waals surface area (Å²) in [5, 5.41) is 20.1. The molecule has 28 heavy (non-hydrogen) atoms. The van der Waals surface area contributed by atoms with Gasteiger partial charge in [0.15, 0.2) is 0 Å². The topological polar surface area (TPSA) is 78.9 Å². The maximum Gasteiger partial charge on any atom is 0.347 e. The van der Waals surface area contributed by atoms with Crippen LogP contribution in [0.2, 0.25) is 0 Å². The van der Waals surface area contributed by atoms with Gasteiger partial charge in [-0.15, -0.1) is 11.3 Å². The van der Waals surface area contributed by atoms with Crippen molar-refractivity contribution in [2.45, 2.75) is 13.5 Å². The summed E-state index contributed by atoms with van der Waals surface area (Å²) in [4.78, 5) is 15.8. The molecule has 5 nitrogen and oxygen atoms in total. The second-order valence-corrected chi connectivity index (χ2v) is 7.38. The van der Waals surface area contributed by atoms with E-state index in [0.29, 0.717) is 22.8 Å². The third-order valence-electron chi connectivity index (χ3n) is 4.51. The number of benzene rings is 2. The molecule has 2 aromatic heterocycles. The fraction of sp³-hybridized carbons (Fsp3) is 0.0952. The van der Waals surface area contributed by atoms with Gasteiger partial charge < -0.3 is 9.67 Å². The molecule has 0 radical (unpaired) electrons. The molecular formula is C21H14FN3O2S. The van der Waals surface area contributed by atoms with E-state index in [9.17, 15) is 19.6 Å². The van der Waals surface area contributed by atoms with E-state index in [2.05, 4.69) is 11.1 Å². The van der Waals surface area contributed by atoms with Crippen LogP contribution >= 0.6 is 11.3 Å². The Morgan fingerprint density at radius 2 is 2.04 bits per heavy atom. The Balaban J connectivity index is 1.78. The van der Waals surface area contributed by atoms with Crippen molar-refractivity contribution in [2.75, 3.05) is 0 Å². The van der Waals surface area contributed by atoms with Crippen LogP contribution in [0.15, 0.2) is 48.7 Å². The Morgan fingerprint density at radius 3 is 2.68 bits per heavy atom. The number of aryl methyl sites for hydroxylation is 1. The Hall–Kier alpha value is -3.50. The van der Waals surface area contributed by atoms with E-state index in [1.165, 1.54) is 12.1 Å². The van der Waals surface area contributed by atoms with Crippen molar-refractivity contribution >= 4 is 28.2 Å². The van der Waals surface area contributed by atoms with Crippen molar-refractivity contribution in [3.63, 3.8) is 0 Å². The molecule has 0 aliphatic rings. The minimum atomic E-state index is -0.995. The number of aromatic nitrogens is 2. The normalized spacial score (nSPS) is 10.9. The van der Waals surface area contributed by atoms with Crippen LogP contribution in [0, 0.1) is 24.1 Å². The number of nitriles is 1. The maximum atomic E-state index is 13.1. The number of carboxylic acid groups (broad SMARTS) is 1. The van der Waals surface area contributed by atoms with E-state index in [4.69, 9.17) is 0 Å². The van der Waals surface area contributed by atoms with Crippen molar-refractivity contribution in [3.05, 3.63) is 76.2 Å².